The van der Waals surface area contributed by atoms with Crippen LogP contribution in [0.2, 0.25) is 0 Å². The number of nitrogens with zero attached hydrogens (tertiary/aromatic N) is 2. The van der Waals surface area contributed by atoms with Gasteiger partial charge in [-0.1, -0.05) is 26.0 Å². The van der Waals surface area contributed by atoms with Crippen LogP contribution in [-0.2, 0) is 13.1 Å². The lowest BCUT2D eigenvalue weighted by molar-refractivity contribution is -0.672. The molecule has 0 atom stereocenters. The molecule has 1 heterocycles. The molecular formula is C13H19IN2. The smallest absolute Gasteiger partial charge is 0.244 e. The van der Waals surface area contributed by atoms with Gasteiger partial charge < -0.3 is 24.0 Å². The predicted molar refractivity (Wildman–Crippen MR) is 62.7 cm³/mol. The lowest BCUT2D eigenvalue weighted by Gasteiger charge is -1.91. The van der Waals surface area contributed by atoms with Crippen LogP contribution in [0.4, 0.5) is 0 Å². The van der Waals surface area contributed by atoms with E-state index in [2.05, 4.69) is 53.6 Å². The summed E-state index contributed by atoms with van der Waals surface area (Å²) in [5, 5.41) is 0. The van der Waals surface area contributed by atoms with Crippen molar-refractivity contribution >= 4 is 11.0 Å². The Labute approximate surface area is 114 Å². The highest BCUT2D eigenvalue weighted by Gasteiger charge is 2.12. The Morgan fingerprint density at radius 1 is 1.12 bits per heavy atom. The van der Waals surface area contributed by atoms with Crippen molar-refractivity contribution in [2.24, 2.45) is 0 Å². The number of hydrogen-bond acceptors (Lipinski definition) is 0. The maximum atomic E-state index is 2.35. The van der Waals surface area contributed by atoms with Gasteiger partial charge in [0.05, 0.1) is 13.1 Å². The van der Waals surface area contributed by atoms with Crippen LogP contribution in [0.25, 0.3) is 11.0 Å². The van der Waals surface area contributed by atoms with Crippen LogP contribution in [0.15, 0.2) is 30.6 Å². The standard InChI is InChI=1S/C13H19N2.HI/c1-3-9-14-11-15(10-4-2)13-8-6-5-7-12(13)14;/h5-8,11H,3-4,9-10H2,1-2H3;1H/q+1;/p-1. The van der Waals surface area contributed by atoms with E-state index < -0.39 is 0 Å². The van der Waals surface area contributed by atoms with Crippen molar-refractivity contribution in [3.05, 3.63) is 30.6 Å². The third kappa shape index (κ3) is 2.56. The Balaban J connectivity index is 0.00000128. The van der Waals surface area contributed by atoms with Crippen LogP contribution >= 0.6 is 0 Å². The largest absolute Gasteiger partial charge is 1.00 e. The maximum absolute atomic E-state index is 2.35. The number of imidazole rings is 1. The Hall–Kier alpha value is -0.580. The van der Waals surface area contributed by atoms with Crippen LogP contribution in [0.5, 0.6) is 0 Å². The van der Waals surface area contributed by atoms with E-state index in [4.69, 9.17) is 0 Å². The number of fused-ring (bicyclic) bond motifs is 1. The van der Waals surface area contributed by atoms with Crippen molar-refractivity contribution in [3.63, 3.8) is 0 Å². The molecule has 2 aromatic rings. The van der Waals surface area contributed by atoms with Gasteiger partial charge in [0, 0.05) is 0 Å². The summed E-state index contributed by atoms with van der Waals surface area (Å²) in [5.74, 6) is 0. The molecule has 0 aliphatic heterocycles. The molecule has 0 unspecified atom stereocenters. The number of rotatable bonds is 4. The first kappa shape index (κ1) is 13.5. The van der Waals surface area contributed by atoms with Gasteiger partial charge >= 0.3 is 0 Å². The van der Waals surface area contributed by atoms with Gasteiger partial charge in [-0.2, -0.15) is 0 Å². The van der Waals surface area contributed by atoms with Gasteiger partial charge in [0.2, 0.25) is 6.33 Å². The van der Waals surface area contributed by atoms with Gasteiger partial charge in [0.15, 0.2) is 11.0 Å². The van der Waals surface area contributed by atoms with Gasteiger partial charge in [0.1, 0.15) is 0 Å². The zero-order valence-electron chi connectivity index (χ0n) is 9.99. The van der Waals surface area contributed by atoms with Gasteiger partial charge in [-0.05, 0) is 25.0 Å². The average Bonchev–Trinajstić information content (AvgIpc) is 2.59. The van der Waals surface area contributed by atoms with Crippen LogP contribution in [-0.4, -0.2) is 4.57 Å². The molecule has 1 aromatic heterocycles. The van der Waals surface area contributed by atoms with E-state index in [9.17, 15) is 0 Å². The summed E-state index contributed by atoms with van der Waals surface area (Å²) in [6.07, 6.45) is 4.62. The molecule has 3 heteroatoms. The Morgan fingerprint density at radius 3 is 2.56 bits per heavy atom. The van der Waals surface area contributed by atoms with E-state index in [-0.39, 0.29) is 24.0 Å². The third-order valence-electron chi connectivity index (χ3n) is 2.71. The van der Waals surface area contributed by atoms with Crippen molar-refractivity contribution in [2.45, 2.75) is 39.8 Å². The predicted octanol–water partition coefficient (Wildman–Crippen LogP) is -0.247. The van der Waals surface area contributed by atoms with Crippen LogP contribution in [0.3, 0.4) is 0 Å². The van der Waals surface area contributed by atoms with Crippen molar-refractivity contribution in [3.8, 4) is 0 Å². The van der Waals surface area contributed by atoms with Crippen LogP contribution < -0.4 is 28.5 Å². The second kappa shape index (κ2) is 6.23. The molecule has 0 bridgehead atoms. The molecule has 16 heavy (non-hydrogen) atoms. The molecular weight excluding hydrogens is 311 g/mol. The molecule has 0 saturated heterocycles. The normalized spacial score (nSPS) is 10.4. The monoisotopic (exact) mass is 330 g/mol. The molecule has 0 saturated carbocycles. The molecule has 0 spiro atoms. The molecule has 2 nitrogen and oxygen atoms in total. The maximum Gasteiger partial charge on any atom is 0.244 e. The fourth-order valence-corrected chi connectivity index (χ4v) is 2.08. The summed E-state index contributed by atoms with van der Waals surface area (Å²) < 4.78 is 4.70. The Bertz CT molecular complexity index is 408. The number of halogens is 1. The Kier molecular flexibility index (Phi) is 5.25. The summed E-state index contributed by atoms with van der Waals surface area (Å²) >= 11 is 0. The van der Waals surface area contributed by atoms with E-state index in [0.717, 1.165) is 13.1 Å². The highest BCUT2D eigenvalue weighted by molar-refractivity contribution is 5.71. The molecule has 0 aliphatic rings. The first-order valence-corrected chi connectivity index (χ1v) is 5.84. The van der Waals surface area contributed by atoms with E-state index in [1.54, 1.807) is 0 Å². The highest BCUT2D eigenvalue weighted by atomic mass is 127. The van der Waals surface area contributed by atoms with Crippen molar-refractivity contribution in [1.29, 1.82) is 0 Å². The van der Waals surface area contributed by atoms with Crippen molar-refractivity contribution in [2.75, 3.05) is 0 Å². The highest BCUT2D eigenvalue weighted by Crippen LogP contribution is 2.11. The summed E-state index contributed by atoms with van der Waals surface area (Å²) in [4.78, 5) is 0. The summed E-state index contributed by atoms with van der Waals surface area (Å²) in [6.45, 7) is 6.66. The first-order chi connectivity index (χ1) is 7.36. The lowest BCUT2D eigenvalue weighted by atomic mass is 10.3. The molecule has 1 aromatic carbocycles. The summed E-state index contributed by atoms with van der Waals surface area (Å²) in [7, 11) is 0. The summed E-state index contributed by atoms with van der Waals surface area (Å²) in [6, 6.07) is 8.64. The zero-order chi connectivity index (χ0) is 10.7. The number of para-hydroxylation sites is 2. The zero-order valence-corrected chi connectivity index (χ0v) is 12.1. The van der Waals surface area contributed by atoms with Crippen LogP contribution in [0.1, 0.15) is 26.7 Å². The molecule has 88 valence electrons. The molecule has 0 amide bonds. The van der Waals surface area contributed by atoms with E-state index >= 15 is 0 Å². The Morgan fingerprint density at radius 2 is 1.88 bits per heavy atom. The number of aromatic nitrogens is 2. The van der Waals surface area contributed by atoms with Gasteiger partial charge in [-0.25, -0.2) is 9.13 Å². The molecule has 0 aliphatic carbocycles. The second-order valence-corrected chi connectivity index (χ2v) is 3.99. The van der Waals surface area contributed by atoms with Gasteiger partial charge in [-0.3, -0.25) is 0 Å². The lowest BCUT2D eigenvalue weighted by Crippen LogP contribution is -3.00. The summed E-state index contributed by atoms with van der Waals surface area (Å²) in [5.41, 5.74) is 2.71. The minimum absolute atomic E-state index is 0. The van der Waals surface area contributed by atoms with Crippen molar-refractivity contribution in [1.82, 2.24) is 4.57 Å². The first-order valence-electron chi connectivity index (χ1n) is 5.84. The molecule has 2 rings (SSSR count). The van der Waals surface area contributed by atoms with Gasteiger partial charge in [-0.15, -0.1) is 0 Å². The fourth-order valence-electron chi connectivity index (χ4n) is 2.08. The minimum Gasteiger partial charge on any atom is -1.00 e. The average molecular weight is 330 g/mol. The topological polar surface area (TPSA) is 8.81 Å². The van der Waals surface area contributed by atoms with E-state index in [0.29, 0.717) is 0 Å². The SMILES string of the molecule is CCCn1c[n+](CCC)c2ccccc21.[I-]. The molecule has 0 fully saturated rings. The number of benzene rings is 1. The number of hydrogen-bond donors (Lipinski definition) is 0. The molecule has 0 radical (unpaired) electrons. The minimum atomic E-state index is 0. The third-order valence-corrected chi connectivity index (χ3v) is 2.71. The second-order valence-electron chi connectivity index (χ2n) is 3.99. The van der Waals surface area contributed by atoms with E-state index in [1.165, 1.54) is 23.9 Å². The molecule has 0 N–H and O–H groups in total. The van der Waals surface area contributed by atoms with Crippen LogP contribution in [0, 0.1) is 0 Å². The fraction of sp³-hybridized carbons (Fsp3) is 0.462. The van der Waals surface area contributed by atoms with Gasteiger partial charge in [0.25, 0.3) is 0 Å². The van der Waals surface area contributed by atoms with E-state index in [1.807, 2.05) is 0 Å². The van der Waals surface area contributed by atoms with Crippen molar-refractivity contribution < 1.29 is 28.5 Å². The quantitative estimate of drug-likeness (QED) is 0.540. The number of aryl methyl sites for hydroxylation is 2.